The van der Waals surface area contributed by atoms with Crippen LogP contribution in [0.25, 0.3) is 0 Å². The van der Waals surface area contributed by atoms with E-state index in [1.165, 1.54) is 25.3 Å². The number of hydrogen-bond donors (Lipinski definition) is 3. The van der Waals surface area contributed by atoms with E-state index in [9.17, 15) is 8.42 Å². The molecule has 0 aliphatic heterocycles. The van der Waals surface area contributed by atoms with E-state index < -0.39 is 10.0 Å². The summed E-state index contributed by atoms with van der Waals surface area (Å²) < 4.78 is 31.8. The summed E-state index contributed by atoms with van der Waals surface area (Å²) in [5, 5.41) is 6.62. The quantitative estimate of drug-likeness (QED) is 0.722. The van der Waals surface area contributed by atoms with Crippen LogP contribution < -0.4 is 15.2 Å². The maximum absolute atomic E-state index is 12.2. The van der Waals surface area contributed by atoms with Crippen LogP contribution in [0.3, 0.4) is 0 Å². The monoisotopic (exact) mass is 296 g/mol. The molecule has 0 bridgehead atoms. The molecule has 8 heteroatoms. The summed E-state index contributed by atoms with van der Waals surface area (Å²) in [7, 11) is -2.26. The Morgan fingerprint density at radius 2 is 2.15 bits per heavy atom. The van der Waals surface area contributed by atoms with Gasteiger partial charge in [-0.2, -0.15) is 5.10 Å². The summed E-state index contributed by atoms with van der Waals surface area (Å²) >= 11 is 0. The van der Waals surface area contributed by atoms with Gasteiger partial charge in [0.25, 0.3) is 10.0 Å². The van der Waals surface area contributed by atoms with Crippen molar-refractivity contribution in [3.8, 4) is 5.75 Å². The first-order valence-electron chi connectivity index (χ1n) is 5.97. The van der Waals surface area contributed by atoms with Gasteiger partial charge in [0.2, 0.25) is 0 Å². The highest BCUT2D eigenvalue weighted by atomic mass is 32.2. The molecule has 0 amide bonds. The summed E-state index contributed by atoms with van der Waals surface area (Å²) in [4.78, 5) is 0.0526. The van der Waals surface area contributed by atoms with Crippen LogP contribution in [0.4, 0.5) is 11.5 Å². The van der Waals surface area contributed by atoms with Crippen LogP contribution in [0.15, 0.2) is 29.2 Å². The average Bonchev–Trinajstić information content (AvgIpc) is 2.85. The molecule has 0 radical (unpaired) electrons. The van der Waals surface area contributed by atoms with E-state index in [1.54, 1.807) is 6.07 Å². The second kappa shape index (κ2) is 5.41. The third-order valence-electron chi connectivity index (χ3n) is 2.76. The normalized spacial score (nSPS) is 11.3. The zero-order valence-electron chi connectivity index (χ0n) is 11.2. The second-order valence-corrected chi connectivity index (χ2v) is 5.82. The number of nitrogen functional groups attached to an aromatic ring is 1. The van der Waals surface area contributed by atoms with Gasteiger partial charge in [0.05, 0.1) is 17.7 Å². The van der Waals surface area contributed by atoms with Crippen molar-refractivity contribution in [3.63, 3.8) is 0 Å². The fourth-order valence-corrected chi connectivity index (χ4v) is 2.70. The van der Waals surface area contributed by atoms with Crippen LogP contribution in [0, 0.1) is 0 Å². The lowest BCUT2D eigenvalue weighted by molar-refractivity contribution is 0.416. The van der Waals surface area contributed by atoms with Gasteiger partial charge in [-0.15, -0.1) is 0 Å². The zero-order valence-corrected chi connectivity index (χ0v) is 12.0. The predicted molar refractivity (Wildman–Crippen MR) is 76.2 cm³/mol. The van der Waals surface area contributed by atoms with E-state index in [-0.39, 0.29) is 16.4 Å². The third-order valence-corrected chi connectivity index (χ3v) is 4.11. The molecule has 0 spiro atoms. The molecule has 2 aromatic rings. The molecule has 4 N–H and O–H groups in total. The lowest BCUT2D eigenvalue weighted by atomic mass is 10.3. The number of methoxy groups -OCH3 is 1. The molecule has 7 nitrogen and oxygen atoms in total. The molecular weight excluding hydrogens is 280 g/mol. The Morgan fingerprint density at radius 3 is 2.70 bits per heavy atom. The van der Waals surface area contributed by atoms with E-state index in [0.717, 1.165) is 12.1 Å². The van der Waals surface area contributed by atoms with Gasteiger partial charge in [0.1, 0.15) is 5.75 Å². The van der Waals surface area contributed by atoms with E-state index in [1.807, 2.05) is 6.92 Å². The molecule has 20 heavy (non-hydrogen) atoms. The Morgan fingerprint density at radius 1 is 1.40 bits per heavy atom. The van der Waals surface area contributed by atoms with E-state index in [0.29, 0.717) is 5.75 Å². The van der Waals surface area contributed by atoms with Crippen molar-refractivity contribution in [2.24, 2.45) is 0 Å². The SMILES string of the molecule is CCc1cc(NS(=O)(=O)c2ccc(OC)c(N)c2)n[nH]1. The molecule has 0 aliphatic rings. The largest absolute Gasteiger partial charge is 0.495 e. The summed E-state index contributed by atoms with van der Waals surface area (Å²) in [6.45, 7) is 1.94. The Hall–Kier alpha value is -2.22. The van der Waals surface area contributed by atoms with Crippen molar-refractivity contribution in [2.45, 2.75) is 18.2 Å². The lowest BCUT2D eigenvalue weighted by Crippen LogP contribution is -2.13. The average molecular weight is 296 g/mol. The minimum Gasteiger partial charge on any atom is -0.495 e. The van der Waals surface area contributed by atoms with E-state index in [2.05, 4.69) is 14.9 Å². The van der Waals surface area contributed by atoms with Crippen molar-refractivity contribution in [2.75, 3.05) is 17.6 Å². The molecule has 0 aliphatic carbocycles. The summed E-state index contributed by atoms with van der Waals surface area (Å²) in [6.07, 6.45) is 0.740. The van der Waals surface area contributed by atoms with Crippen LogP contribution >= 0.6 is 0 Å². The minimum atomic E-state index is -3.72. The molecule has 0 fully saturated rings. The number of H-pyrrole nitrogens is 1. The molecule has 2 rings (SSSR count). The van der Waals surface area contributed by atoms with Gasteiger partial charge in [-0.25, -0.2) is 8.42 Å². The maximum atomic E-state index is 12.2. The molecule has 108 valence electrons. The number of benzene rings is 1. The third kappa shape index (κ3) is 2.85. The van der Waals surface area contributed by atoms with Gasteiger partial charge in [0.15, 0.2) is 5.82 Å². The Bertz CT molecular complexity index is 709. The second-order valence-electron chi connectivity index (χ2n) is 4.14. The number of sulfonamides is 1. The van der Waals surface area contributed by atoms with Crippen LogP contribution in [0.5, 0.6) is 5.75 Å². The van der Waals surface area contributed by atoms with Crippen molar-refractivity contribution in [1.29, 1.82) is 0 Å². The number of aryl methyl sites for hydroxylation is 1. The first-order valence-corrected chi connectivity index (χ1v) is 7.45. The fourth-order valence-electron chi connectivity index (χ4n) is 1.67. The first-order chi connectivity index (χ1) is 9.46. The zero-order chi connectivity index (χ0) is 14.8. The van der Waals surface area contributed by atoms with Crippen LogP contribution in [0.1, 0.15) is 12.6 Å². The fraction of sp³-hybridized carbons (Fsp3) is 0.250. The summed E-state index contributed by atoms with van der Waals surface area (Å²) in [6, 6.07) is 5.91. The van der Waals surface area contributed by atoms with Gasteiger partial charge in [-0.3, -0.25) is 9.82 Å². The first kappa shape index (κ1) is 14.2. The smallest absolute Gasteiger partial charge is 0.263 e. The highest BCUT2D eigenvalue weighted by molar-refractivity contribution is 7.92. The van der Waals surface area contributed by atoms with Gasteiger partial charge < -0.3 is 10.5 Å². The molecule has 0 unspecified atom stereocenters. The number of nitrogens with zero attached hydrogens (tertiary/aromatic N) is 1. The van der Waals surface area contributed by atoms with Gasteiger partial charge in [0, 0.05) is 11.8 Å². The van der Waals surface area contributed by atoms with Crippen LogP contribution in [-0.2, 0) is 16.4 Å². The standard InChI is InChI=1S/C12H16N4O3S/c1-3-8-6-12(15-14-8)16-20(17,18)9-4-5-11(19-2)10(13)7-9/h4-7H,3,13H2,1-2H3,(H2,14,15,16). The van der Waals surface area contributed by atoms with Crippen LogP contribution in [0.2, 0.25) is 0 Å². The topological polar surface area (TPSA) is 110 Å². The van der Waals surface area contributed by atoms with Gasteiger partial charge in [-0.05, 0) is 24.6 Å². The molecule has 1 heterocycles. The molecular formula is C12H16N4O3S. The molecule has 0 atom stereocenters. The lowest BCUT2D eigenvalue weighted by Gasteiger charge is -2.08. The molecule has 0 saturated heterocycles. The highest BCUT2D eigenvalue weighted by Gasteiger charge is 2.17. The highest BCUT2D eigenvalue weighted by Crippen LogP contribution is 2.25. The van der Waals surface area contributed by atoms with Crippen LogP contribution in [-0.4, -0.2) is 25.7 Å². The number of nitrogens with two attached hydrogens (primary N) is 1. The van der Waals surface area contributed by atoms with Crippen molar-refractivity contribution in [1.82, 2.24) is 10.2 Å². The van der Waals surface area contributed by atoms with E-state index >= 15 is 0 Å². The number of ether oxygens (including phenoxy) is 1. The number of hydrogen-bond acceptors (Lipinski definition) is 5. The number of nitrogens with one attached hydrogen (secondary N) is 2. The van der Waals surface area contributed by atoms with Crippen molar-refractivity contribution < 1.29 is 13.2 Å². The summed E-state index contributed by atoms with van der Waals surface area (Å²) in [5.74, 6) is 0.674. The molecule has 1 aromatic heterocycles. The Balaban J connectivity index is 2.28. The number of anilines is 2. The number of rotatable bonds is 5. The van der Waals surface area contributed by atoms with Gasteiger partial charge >= 0.3 is 0 Å². The summed E-state index contributed by atoms with van der Waals surface area (Å²) in [5.41, 5.74) is 6.81. The maximum Gasteiger partial charge on any atom is 0.263 e. The molecule has 0 saturated carbocycles. The Labute approximate surface area is 117 Å². The van der Waals surface area contributed by atoms with Gasteiger partial charge in [-0.1, -0.05) is 6.92 Å². The van der Waals surface area contributed by atoms with E-state index in [4.69, 9.17) is 10.5 Å². The number of aromatic amines is 1. The molecule has 1 aromatic carbocycles. The number of aromatic nitrogens is 2. The van der Waals surface area contributed by atoms with Crippen molar-refractivity contribution >= 4 is 21.5 Å². The predicted octanol–water partition coefficient (Wildman–Crippen LogP) is 1.36. The van der Waals surface area contributed by atoms with Crippen molar-refractivity contribution in [3.05, 3.63) is 30.0 Å². The minimum absolute atomic E-state index is 0.0526. The Kier molecular flexibility index (Phi) is 3.84.